The fourth-order valence-corrected chi connectivity index (χ4v) is 8.65. The number of benzene rings is 3. The van der Waals surface area contributed by atoms with Crippen LogP contribution in [-0.2, 0) is 9.59 Å². The summed E-state index contributed by atoms with van der Waals surface area (Å²) in [6, 6.07) is 25.7. The summed E-state index contributed by atoms with van der Waals surface area (Å²) < 4.78 is 5.73. The van der Waals surface area contributed by atoms with Gasteiger partial charge in [-0.2, -0.15) is 0 Å². The molecule has 3 fully saturated rings. The van der Waals surface area contributed by atoms with Crippen molar-refractivity contribution in [3.8, 4) is 17.0 Å². The minimum Gasteiger partial charge on any atom is -0.474 e. The highest BCUT2D eigenvalue weighted by molar-refractivity contribution is 6.01. The van der Waals surface area contributed by atoms with Gasteiger partial charge in [0, 0.05) is 99.2 Å². The maximum absolute atomic E-state index is 12.3. The Morgan fingerprint density at radius 1 is 0.800 bits per heavy atom. The number of aromatic nitrogens is 2. The van der Waals surface area contributed by atoms with Crippen LogP contribution in [0.25, 0.3) is 21.9 Å². The molecule has 4 aliphatic rings. The Hall–Kier alpha value is -5.68. The fourth-order valence-electron chi connectivity index (χ4n) is 8.65. The number of rotatable bonds is 8. The average Bonchev–Trinajstić information content (AvgIpc) is 3.22. The summed E-state index contributed by atoms with van der Waals surface area (Å²) in [6.45, 7) is 11.0. The van der Waals surface area contributed by atoms with E-state index in [9.17, 15) is 9.59 Å². The molecule has 0 saturated carbocycles. The van der Waals surface area contributed by atoms with E-state index < -0.39 is 0 Å². The Bertz CT molecular complexity index is 2190. The van der Waals surface area contributed by atoms with E-state index in [1.807, 2.05) is 12.4 Å². The normalized spacial score (nSPS) is 19.4. The van der Waals surface area contributed by atoms with Gasteiger partial charge in [-0.3, -0.25) is 19.8 Å². The van der Waals surface area contributed by atoms with Crippen LogP contribution < -0.4 is 30.5 Å². The minimum absolute atomic E-state index is 0.170. The SMILES string of the molecule is Cc1c(-c2ccc3cnc(Nc4ccc(N5CCC(CN6CCN(c7ccc(C8CCC(=O)NC8=O)cc7)CC6)CC5)cc4)cc3c2)cnc2c1NCCO2. The van der Waals surface area contributed by atoms with Crippen molar-refractivity contribution >= 4 is 51.2 Å². The number of hydrogen-bond acceptors (Lipinski definition) is 10. The van der Waals surface area contributed by atoms with Gasteiger partial charge in [-0.25, -0.2) is 9.97 Å². The van der Waals surface area contributed by atoms with Crippen LogP contribution in [-0.4, -0.2) is 85.6 Å². The summed E-state index contributed by atoms with van der Waals surface area (Å²) in [5, 5.41) is 11.7. The zero-order valence-corrected chi connectivity index (χ0v) is 31.4. The van der Waals surface area contributed by atoms with Crippen molar-refractivity contribution in [1.29, 1.82) is 0 Å². The largest absolute Gasteiger partial charge is 0.474 e. The van der Waals surface area contributed by atoms with E-state index in [2.05, 4.69) is 115 Å². The molecule has 0 aliphatic carbocycles. The van der Waals surface area contributed by atoms with Crippen LogP contribution in [0, 0.1) is 12.8 Å². The van der Waals surface area contributed by atoms with E-state index in [1.165, 1.54) is 24.2 Å². The Labute approximate surface area is 322 Å². The fraction of sp³-hybridized carbons (Fsp3) is 0.364. The molecule has 0 spiro atoms. The van der Waals surface area contributed by atoms with Crippen molar-refractivity contribution in [2.75, 3.05) is 79.4 Å². The Balaban J connectivity index is 0.750. The summed E-state index contributed by atoms with van der Waals surface area (Å²) in [5.41, 5.74) is 8.82. The van der Waals surface area contributed by atoms with Crippen molar-refractivity contribution in [3.05, 3.63) is 96.3 Å². The third-order valence-corrected chi connectivity index (χ3v) is 11.9. The monoisotopic (exact) mass is 736 g/mol. The molecular weight excluding hydrogens is 689 g/mol. The number of amides is 2. The number of piperidine rings is 2. The lowest BCUT2D eigenvalue weighted by atomic mass is 9.90. The number of nitrogens with zero attached hydrogens (tertiary/aromatic N) is 5. The predicted octanol–water partition coefficient (Wildman–Crippen LogP) is 6.71. The number of carbonyl (C=O) groups is 2. The van der Waals surface area contributed by atoms with Crippen LogP contribution in [0.2, 0.25) is 0 Å². The Kier molecular flexibility index (Phi) is 9.70. The molecule has 1 atom stereocenters. The molecule has 9 rings (SSSR count). The molecule has 11 nitrogen and oxygen atoms in total. The molecule has 3 N–H and O–H groups in total. The highest BCUT2D eigenvalue weighted by Crippen LogP contribution is 2.37. The third kappa shape index (κ3) is 7.53. The Morgan fingerprint density at radius 2 is 1.55 bits per heavy atom. The van der Waals surface area contributed by atoms with Gasteiger partial charge in [-0.15, -0.1) is 0 Å². The van der Waals surface area contributed by atoms with Gasteiger partial charge in [0.2, 0.25) is 17.7 Å². The maximum atomic E-state index is 12.3. The molecular formula is C44H48N8O3. The summed E-state index contributed by atoms with van der Waals surface area (Å²) in [4.78, 5) is 40.7. The lowest BCUT2D eigenvalue weighted by molar-refractivity contribution is -0.134. The third-order valence-electron chi connectivity index (χ3n) is 11.9. The summed E-state index contributed by atoms with van der Waals surface area (Å²) >= 11 is 0. The van der Waals surface area contributed by atoms with Crippen LogP contribution in [0.5, 0.6) is 5.88 Å². The number of anilines is 5. The first-order valence-electron chi connectivity index (χ1n) is 19.7. The molecule has 5 aromatic rings. The number of pyridine rings is 2. The van der Waals surface area contributed by atoms with E-state index in [4.69, 9.17) is 9.72 Å². The number of imide groups is 1. The van der Waals surface area contributed by atoms with Gasteiger partial charge in [0.05, 0.1) is 5.92 Å². The van der Waals surface area contributed by atoms with Gasteiger partial charge in [0.1, 0.15) is 18.1 Å². The van der Waals surface area contributed by atoms with Gasteiger partial charge in [0.25, 0.3) is 0 Å². The molecule has 6 heterocycles. The van der Waals surface area contributed by atoms with Crippen LogP contribution in [0.4, 0.5) is 28.6 Å². The summed E-state index contributed by atoms with van der Waals surface area (Å²) in [6.07, 6.45) is 7.24. The molecule has 0 radical (unpaired) electrons. The smallest absolute Gasteiger partial charge is 0.237 e. The highest BCUT2D eigenvalue weighted by Gasteiger charge is 2.29. The summed E-state index contributed by atoms with van der Waals surface area (Å²) in [5.74, 6) is 1.63. The quantitative estimate of drug-likeness (QED) is 0.149. The van der Waals surface area contributed by atoms with Gasteiger partial charge >= 0.3 is 0 Å². The predicted molar refractivity (Wildman–Crippen MR) is 219 cm³/mol. The molecule has 55 heavy (non-hydrogen) atoms. The average molecular weight is 737 g/mol. The first-order chi connectivity index (χ1) is 26.9. The van der Waals surface area contributed by atoms with E-state index in [0.29, 0.717) is 31.2 Å². The molecule has 3 saturated heterocycles. The number of ether oxygens (including phenoxy) is 1. The zero-order valence-electron chi connectivity index (χ0n) is 31.4. The van der Waals surface area contributed by atoms with Gasteiger partial charge in [0.15, 0.2) is 0 Å². The highest BCUT2D eigenvalue weighted by atomic mass is 16.5. The molecule has 282 valence electrons. The number of piperazine rings is 1. The molecule has 1 unspecified atom stereocenters. The van der Waals surface area contributed by atoms with Gasteiger partial charge < -0.3 is 25.2 Å². The lowest BCUT2D eigenvalue weighted by Crippen LogP contribution is -2.49. The van der Waals surface area contributed by atoms with Crippen molar-refractivity contribution in [2.24, 2.45) is 5.92 Å². The first kappa shape index (κ1) is 35.0. The number of hydrogen-bond donors (Lipinski definition) is 3. The van der Waals surface area contributed by atoms with Crippen molar-refractivity contribution < 1.29 is 14.3 Å². The standard InChI is InChI=1S/C44H48N8O3/c1-29-39(27-47-44-42(29)45-16-23-55-44)32-2-3-33-26-46-40(25-34(33)24-32)48-35-6-10-37(11-7-35)51-17-14-30(15-18-51)28-50-19-21-52(22-20-50)36-8-4-31(5-9-36)38-12-13-41(53)49-43(38)54/h2-11,24-27,30,38,45H,12-23,28H2,1H3,(H,46,48)(H,49,53,54). The summed E-state index contributed by atoms with van der Waals surface area (Å²) in [7, 11) is 0. The van der Waals surface area contributed by atoms with E-state index in [1.54, 1.807) is 0 Å². The van der Waals surface area contributed by atoms with Crippen LogP contribution >= 0.6 is 0 Å². The van der Waals surface area contributed by atoms with E-state index in [-0.39, 0.29) is 17.7 Å². The van der Waals surface area contributed by atoms with E-state index >= 15 is 0 Å². The number of nitrogens with one attached hydrogen (secondary N) is 3. The number of carbonyl (C=O) groups excluding carboxylic acids is 2. The lowest BCUT2D eigenvalue weighted by Gasteiger charge is -2.40. The molecule has 3 aromatic carbocycles. The molecule has 4 aliphatic heterocycles. The van der Waals surface area contributed by atoms with Crippen molar-refractivity contribution in [3.63, 3.8) is 0 Å². The topological polar surface area (TPSA) is 115 Å². The van der Waals surface area contributed by atoms with Gasteiger partial charge in [-0.05, 0) is 103 Å². The zero-order chi connectivity index (χ0) is 37.3. The maximum Gasteiger partial charge on any atom is 0.237 e. The Morgan fingerprint density at radius 3 is 2.31 bits per heavy atom. The van der Waals surface area contributed by atoms with Crippen LogP contribution in [0.15, 0.2) is 85.2 Å². The van der Waals surface area contributed by atoms with Gasteiger partial charge in [-0.1, -0.05) is 24.3 Å². The second-order valence-corrected chi connectivity index (χ2v) is 15.4. The van der Waals surface area contributed by atoms with E-state index in [0.717, 1.165) is 103 Å². The molecule has 2 amide bonds. The second-order valence-electron chi connectivity index (χ2n) is 15.4. The van der Waals surface area contributed by atoms with Crippen molar-refractivity contribution in [1.82, 2.24) is 20.2 Å². The number of fused-ring (bicyclic) bond motifs is 2. The molecule has 0 bridgehead atoms. The molecule has 11 heteroatoms. The van der Waals surface area contributed by atoms with Crippen LogP contribution in [0.3, 0.4) is 0 Å². The second kappa shape index (κ2) is 15.2. The van der Waals surface area contributed by atoms with Crippen molar-refractivity contribution in [2.45, 2.75) is 38.5 Å². The van der Waals surface area contributed by atoms with Crippen LogP contribution in [0.1, 0.15) is 42.7 Å². The minimum atomic E-state index is -0.232. The molecule has 2 aromatic heterocycles. The first-order valence-corrected chi connectivity index (χ1v) is 19.7.